The minimum Gasteiger partial charge on any atom is -0.338 e. The summed E-state index contributed by atoms with van der Waals surface area (Å²) in [6, 6.07) is 8.60. The molecule has 1 aliphatic rings. The Morgan fingerprint density at radius 2 is 2.00 bits per heavy atom. The van der Waals surface area contributed by atoms with E-state index in [0.717, 1.165) is 42.4 Å². The van der Waals surface area contributed by atoms with Crippen LogP contribution in [0.4, 0.5) is 5.95 Å². The van der Waals surface area contributed by atoms with Gasteiger partial charge in [-0.15, -0.1) is 0 Å². The van der Waals surface area contributed by atoms with Crippen LogP contribution < -0.4 is 10.2 Å². The lowest BCUT2D eigenvalue weighted by molar-refractivity contribution is 0.366. The quantitative estimate of drug-likeness (QED) is 0.937. The predicted molar refractivity (Wildman–Crippen MR) is 87.6 cm³/mol. The summed E-state index contributed by atoms with van der Waals surface area (Å²) in [7, 11) is 0. The fourth-order valence-electron chi connectivity index (χ4n) is 2.97. The maximum absolute atomic E-state index is 4.76. The highest BCUT2D eigenvalue weighted by molar-refractivity contribution is 5.78. The molecule has 2 aromatic rings. The van der Waals surface area contributed by atoms with Gasteiger partial charge in [-0.05, 0) is 51.8 Å². The molecule has 0 radical (unpaired) electrons. The van der Waals surface area contributed by atoms with E-state index in [4.69, 9.17) is 4.98 Å². The second kappa shape index (κ2) is 6.39. The lowest BCUT2D eigenvalue weighted by Gasteiger charge is -2.32. The smallest absolute Gasteiger partial charge is 0.226 e. The van der Waals surface area contributed by atoms with Gasteiger partial charge in [0.05, 0.1) is 5.52 Å². The highest BCUT2D eigenvalue weighted by Gasteiger charge is 2.21. The number of aromatic nitrogens is 2. The van der Waals surface area contributed by atoms with Crippen LogP contribution in [0.25, 0.3) is 10.9 Å². The number of para-hydroxylation sites is 1. The van der Waals surface area contributed by atoms with Crippen LogP contribution in [0.5, 0.6) is 0 Å². The van der Waals surface area contributed by atoms with Crippen molar-refractivity contribution in [3.05, 3.63) is 30.5 Å². The number of rotatable bonds is 4. The van der Waals surface area contributed by atoms with Gasteiger partial charge in [-0.2, -0.15) is 0 Å². The molecule has 2 heterocycles. The maximum atomic E-state index is 4.76. The summed E-state index contributed by atoms with van der Waals surface area (Å²) in [6.07, 6.45) is 4.43. The number of nitrogens with zero attached hydrogens (tertiary/aromatic N) is 3. The van der Waals surface area contributed by atoms with Gasteiger partial charge >= 0.3 is 0 Å². The van der Waals surface area contributed by atoms with Crippen molar-refractivity contribution in [2.45, 2.75) is 32.7 Å². The van der Waals surface area contributed by atoms with Crippen LogP contribution in [0.15, 0.2) is 30.5 Å². The molecule has 0 bridgehead atoms. The topological polar surface area (TPSA) is 41.0 Å². The van der Waals surface area contributed by atoms with Crippen molar-refractivity contribution in [1.29, 1.82) is 0 Å². The Balaban J connectivity index is 1.84. The predicted octanol–water partition coefficient (Wildman–Crippen LogP) is 2.84. The average Bonchev–Trinajstić information content (AvgIpc) is 2.53. The second-order valence-electron chi connectivity index (χ2n) is 6.17. The first-order chi connectivity index (χ1) is 10.2. The molecule has 0 spiro atoms. The van der Waals surface area contributed by atoms with Gasteiger partial charge in [-0.25, -0.2) is 9.97 Å². The molecule has 0 atom stereocenters. The van der Waals surface area contributed by atoms with E-state index in [1.54, 1.807) is 0 Å². The summed E-state index contributed by atoms with van der Waals surface area (Å²) in [5.41, 5.74) is 1.03. The first-order valence-corrected chi connectivity index (χ1v) is 7.93. The molecule has 1 N–H and O–H groups in total. The van der Waals surface area contributed by atoms with E-state index in [1.165, 1.54) is 12.8 Å². The number of fused-ring (bicyclic) bond motifs is 1. The second-order valence-corrected chi connectivity index (χ2v) is 6.17. The van der Waals surface area contributed by atoms with Crippen LogP contribution in [0.1, 0.15) is 26.7 Å². The first kappa shape index (κ1) is 14.3. The minimum absolute atomic E-state index is 0.418. The summed E-state index contributed by atoms with van der Waals surface area (Å²) in [6.45, 7) is 7.77. The fraction of sp³-hybridized carbons (Fsp3) is 0.529. The Kier molecular flexibility index (Phi) is 4.34. The molecule has 112 valence electrons. The molecule has 4 heteroatoms. The number of hydrogen-bond donors (Lipinski definition) is 1. The van der Waals surface area contributed by atoms with Crippen molar-refractivity contribution in [1.82, 2.24) is 15.3 Å². The third-order valence-electron chi connectivity index (χ3n) is 4.27. The molecule has 3 rings (SSSR count). The van der Waals surface area contributed by atoms with E-state index in [0.29, 0.717) is 6.04 Å². The van der Waals surface area contributed by atoms with Crippen molar-refractivity contribution < 1.29 is 0 Å². The van der Waals surface area contributed by atoms with Crippen LogP contribution in [0.2, 0.25) is 0 Å². The maximum Gasteiger partial charge on any atom is 0.226 e. The Bertz CT molecular complexity index is 590. The first-order valence-electron chi connectivity index (χ1n) is 7.93. The van der Waals surface area contributed by atoms with Crippen molar-refractivity contribution >= 4 is 16.9 Å². The van der Waals surface area contributed by atoms with Crippen molar-refractivity contribution in [2.75, 3.05) is 24.5 Å². The molecule has 1 aromatic carbocycles. The van der Waals surface area contributed by atoms with Crippen LogP contribution in [-0.4, -0.2) is 35.6 Å². The highest BCUT2D eigenvalue weighted by atomic mass is 15.3. The van der Waals surface area contributed by atoms with Gasteiger partial charge in [0.15, 0.2) is 0 Å². The average molecular weight is 284 g/mol. The lowest BCUT2D eigenvalue weighted by Crippen LogP contribution is -2.40. The van der Waals surface area contributed by atoms with E-state index in [2.05, 4.69) is 41.2 Å². The van der Waals surface area contributed by atoms with Crippen LogP contribution in [-0.2, 0) is 0 Å². The molecule has 4 nitrogen and oxygen atoms in total. The van der Waals surface area contributed by atoms with Gasteiger partial charge < -0.3 is 10.2 Å². The van der Waals surface area contributed by atoms with E-state index in [1.807, 2.05) is 18.3 Å². The van der Waals surface area contributed by atoms with E-state index < -0.39 is 0 Å². The van der Waals surface area contributed by atoms with Crippen molar-refractivity contribution in [3.63, 3.8) is 0 Å². The largest absolute Gasteiger partial charge is 0.338 e. The number of benzene rings is 1. The summed E-state index contributed by atoms with van der Waals surface area (Å²) in [5, 5.41) is 4.53. The van der Waals surface area contributed by atoms with Gasteiger partial charge in [0.2, 0.25) is 5.95 Å². The highest BCUT2D eigenvalue weighted by Crippen LogP contribution is 2.21. The molecule has 0 aliphatic carbocycles. The lowest BCUT2D eigenvalue weighted by atomic mass is 9.97. The number of piperidine rings is 1. The summed E-state index contributed by atoms with van der Waals surface area (Å²) in [4.78, 5) is 11.7. The molecule has 1 aromatic heterocycles. The van der Waals surface area contributed by atoms with Gasteiger partial charge in [0.25, 0.3) is 0 Å². The third-order valence-corrected chi connectivity index (χ3v) is 4.27. The molecule has 0 amide bonds. The minimum atomic E-state index is 0.418. The zero-order chi connectivity index (χ0) is 14.7. The molecular formula is C17H24N4. The van der Waals surface area contributed by atoms with Crippen LogP contribution in [0, 0.1) is 5.92 Å². The zero-order valence-electron chi connectivity index (χ0n) is 12.9. The standard InChI is InChI=1S/C17H24N4/c1-13(2)21(12-14-7-9-18-10-8-14)17-19-11-15-5-3-4-6-16(15)20-17/h3-6,11,13-14,18H,7-10,12H2,1-2H3. The van der Waals surface area contributed by atoms with E-state index >= 15 is 0 Å². The monoisotopic (exact) mass is 284 g/mol. The molecule has 21 heavy (non-hydrogen) atoms. The Morgan fingerprint density at radius 3 is 2.76 bits per heavy atom. The molecule has 1 aliphatic heterocycles. The molecule has 0 saturated carbocycles. The SMILES string of the molecule is CC(C)N(CC1CCNCC1)c1ncc2ccccc2n1. The van der Waals surface area contributed by atoms with Gasteiger partial charge in [-0.1, -0.05) is 18.2 Å². The summed E-state index contributed by atoms with van der Waals surface area (Å²) in [5.74, 6) is 1.60. The Morgan fingerprint density at radius 1 is 1.24 bits per heavy atom. The molecule has 1 fully saturated rings. The fourth-order valence-corrected chi connectivity index (χ4v) is 2.97. The Labute approximate surface area is 126 Å². The van der Waals surface area contributed by atoms with Gasteiger partial charge in [-0.3, -0.25) is 0 Å². The van der Waals surface area contributed by atoms with Gasteiger partial charge in [0, 0.05) is 24.2 Å². The third kappa shape index (κ3) is 3.32. The van der Waals surface area contributed by atoms with Gasteiger partial charge in [0.1, 0.15) is 0 Å². The molecule has 0 unspecified atom stereocenters. The summed E-state index contributed by atoms with van der Waals surface area (Å²) < 4.78 is 0. The van der Waals surface area contributed by atoms with E-state index in [9.17, 15) is 0 Å². The van der Waals surface area contributed by atoms with E-state index in [-0.39, 0.29) is 0 Å². The Hall–Kier alpha value is -1.68. The molecular weight excluding hydrogens is 260 g/mol. The number of anilines is 1. The van der Waals surface area contributed by atoms with Crippen molar-refractivity contribution in [3.8, 4) is 0 Å². The zero-order valence-corrected chi connectivity index (χ0v) is 12.9. The summed E-state index contributed by atoms with van der Waals surface area (Å²) >= 11 is 0. The number of nitrogens with one attached hydrogen (secondary N) is 1. The van der Waals surface area contributed by atoms with Crippen molar-refractivity contribution in [2.24, 2.45) is 5.92 Å². The van der Waals surface area contributed by atoms with Crippen LogP contribution in [0.3, 0.4) is 0 Å². The number of hydrogen-bond acceptors (Lipinski definition) is 4. The van der Waals surface area contributed by atoms with Crippen LogP contribution >= 0.6 is 0 Å². The normalized spacial score (nSPS) is 16.5. The molecule has 1 saturated heterocycles.